The maximum Gasteiger partial charge on any atom is 0.223 e. The Morgan fingerprint density at radius 3 is 2.47 bits per heavy atom. The molecule has 3 nitrogen and oxygen atoms in total. The molecule has 3 N–H and O–H groups in total. The highest BCUT2D eigenvalue weighted by atomic mass is 16.1. The first kappa shape index (κ1) is 14.5. The molecule has 0 unspecified atom stereocenters. The summed E-state index contributed by atoms with van der Waals surface area (Å²) in [4.78, 5) is 11.9. The van der Waals surface area contributed by atoms with Gasteiger partial charge in [0.2, 0.25) is 5.91 Å². The molecule has 17 heavy (non-hydrogen) atoms. The Bertz CT molecular complexity index is 210. The molecule has 1 aliphatic rings. The van der Waals surface area contributed by atoms with E-state index in [2.05, 4.69) is 12.2 Å². The van der Waals surface area contributed by atoms with Gasteiger partial charge in [-0.3, -0.25) is 4.79 Å². The molecule has 0 saturated heterocycles. The smallest absolute Gasteiger partial charge is 0.223 e. The van der Waals surface area contributed by atoms with Crippen LogP contribution < -0.4 is 11.1 Å². The Morgan fingerprint density at radius 1 is 1.18 bits per heavy atom. The van der Waals surface area contributed by atoms with E-state index in [1.165, 1.54) is 19.3 Å². The quantitative estimate of drug-likeness (QED) is 0.672. The predicted molar refractivity (Wildman–Crippen MR) is 71.7 cm³/mol. The molecular weight excluding hydrogens is 212 g/mol. The van der Waals surface area contributed by atoms with Crippen molar-refractivity contribution >= 4 is 5.91 Å². The standard InChI is InChI=1S/C14H28N2O/c1-2-3-4-5-10-16-14(17)13-8-6-12(11-15)7-9-13/h12-13H,2-11,15H2,1H3,(H,16,17)/t12-,13-. The van der Waals surface area contributed by atoms with Gasteiger partial charge in [-0.15, -0.1) is 0 Å². The van der Waals surface area contributed by atoms with Gasteiger partial charge in [0.25, 0.3) is 0 Å². The van der Waals surface area contributed by atoms with Crippen molar-refractivity contribution in [2.24, 2.45) is 17.6 Å². The molecule has 0 aromatic heterocycles. The van der Waals surface area contributed by atoms with E-state index in [0.29, 0.717) is 5.92 Å². The van der Waals surface area contributed by atoms with Crippen molar-refractivity contribution in [2.75, 3.05) is 13.1 Å². The summed E-state index contributed by atoms with van der Waals surface area (Å²) in [5.41, 5.74) is 5.65. The van der Waals surface area contributed by atoms with Crippen LogP contribution in [0.4, 0.5) is 0 Å². The first-order chi connectivity index (χ1) is 8.27. The van der Waals surface area contributed by atoms with E-state index in [9.17, 15) is 4.79 Å². The van der Waals surface area contributed by atoms with Crippen molar-refractivity contribution in [3.63, 3.8) is 0 Å². The summed E-state index contributed by atoms with van der Waals surface area (Å²) < 4.78 is 0. The summed E-state index contributed by atoms with van der Waals surface area (Å²) >= 11 is 0. The van der Waals surface area contributed by atoms with Gasteiger partial charge in [0.1, 0.15) is 0 Å². The van der Waals surface area contributed by atoms with E-state index in [4.69, 9.17) is 5.73 Å². The first-order valence-electron chi connectivity index (χ1n) is 7.25. The van der Waals surface area contributed by atoms with E-state index in [-0.39, 0.29) is 11.8 Å². The maximum atomic E-state index is 11.9. The van der Waals surface area contributed by atoms with Gasteiger partial charge in [0.15, 0.2) is 0 Å². The van der Waals surface area contributed by atoms with Crippen molar-refractivity contribution in [3.05, 3.63) is 0 Å². The Hall–Kier alpha value is -0.570. The normalized spacial score (nSPS) is 24.6. The van der Waals surface area contributed by atoms with Gasteiger partial charge in [0.05, 0.1) is 0 Å². The van der Waals surface area contributed by atoms with E-state index < -0.39 is 0 Å². The van der Waals surface area contributed by atoms with Crippen molar-refractivity contribution < 1.29 is 4.79 Å². The Morgan fingerprint density at radius 2 is 1.88 bits per heavy atom. The maximum absolute atomic E-state index is 11.9. The fourth-order valence-corrected chi connectivity index (χ4v) is 2.57. The molecular formula is C14H28N2O. The highest BCUT2D eigenvalue weighted by Gasteiger charge is 2.25. The number of amides is 1. The number of carbonyl (C=O) groups excluding carboxylic acids is 1. The third-order valence-corrected chi connectivity index (χ3v) is 3.88. The van der Waals surface area contributed by atoms with Crippen LogP contribution >= 0.6 is 0 Å². The second-order valence-corrected chi connectivity index (χ2v) is 5.31. The lowest BCUT2D eigenvalue weighted by Crippen LogP contribution is -2.34. The van der Waals surface area contributed by atoms with Gasteiger partial charge < -0.3 is 11.1 Å². The monoisotopic (exact) mass is 240 g/mol. The lowest BCUT2D eigenvalue weighted by Gasteiger charge is -2.26. The molecule has 0 atom stereocenters. The number of nitrogens with one attached hydrogen (secondary N) is 1. The fraction of sp³-hybridized carbons (Fsp3) is 0.929. The Kier molecular flexibility index (Phi) is 7.25. The minimum Gasteiger partial charge on any atom is -0.356 e. The molecule has 1 fully saturated rings. The molecule has 1 rings (SSSR count). The molecule has 1 amide bonds. The number of hydrogen-bond donors (Lipinski definition) is 2. The molecule has 0 aliphatic heterocycles. The summed E-state index contributed by atoms with van der Waals surface area (Å²) in [6.07, 6.45) is 9.20. The van der Waals surface area contributed by atoms with Crippen LogP contribution in [0.3, 0.4) is 0 Å². The zero-order chi connectivity index (χ0) is 12.5. The second-order valence-electron chi connectivity index (χ2n) is 5.31. The highest BCUT2D eigenvalue weighted by Crippen LogP contribution is 2.28. The van der Waals surface area contributed by atoms with Crippen molar-refractivity contribution in [2.45, 2.75) is 58.3 Å². The van der Waals surface area contributed by atoms with Crippen LogP contribution in [0.1, 0.15) is 58.3 Å². The largest absolute Gasteiger partial charge is 0.356 e. The third kappa shape index (κ3) is 5.53. The topological polar surface area (TPSA) is 55.1 Å². The fourth-order valence-electron chi connectivity index (χ4n) is 2.57. The predicted octanol–water partition coefficient (Wildman–Crippen LogP) is 2.45. The summed E-state index contributed by atoms with van der Waals surface area (Å²) in [6.45, 7) is 3.84. The van der Waals surface area contributed by atoms with Gasteiger partial charge in [-0.2, -0.15) is 0 Å². The summed E-state index contributed by atoms with van der Waals surface area (Å²) in [7, 11) is 0. The minimum absolute atomic E-state index is 0.254. The molecule has 3 heteroatoms. The molecule has 0 aromatic carbocycles. The number of unbranched alkanes of at least 4 members (excludes halogenated alkanes) is 3. The molecule has 0 bridgehead atoms. The van der Waals surface area contributed by atoms with E-state index in [1.807, 2.05) is 0 Å². The molecule has 1 aliphatic carbocycles. The van der Waals surface area contributed by atoms with Gasteiger partial charge in [-0.1, -0.05) is 26.2 Å². The summed E-state index contributed by atoms with van der Waals surface area (Å²) in [5, 5.41) is 3.07. The van der Waals surface area contributed by atoms with E-state index in [1.54, 1.807) is 0 Å². The zero-order valence-electron chi connectivity index (χ0n) is 11.2. The van der Waals surface area contributed by atoms with Crippen LogP contribution in [0, 0.1) is 11.8 Å². The second kappa shape index (κ2) is 8.51. The number of nitrogens with two attached hydrogens (primary N) is 1. The van der Waals surface area contributed by atoms with Crippen molar-refractivity contribution in [1.29, 1.82) is 0 Å². The van der Waals surface area contributed by atoms with Crippen LogP contribution in [0.5, 0.6) is 0 Å². The van der Waals surface area contributed by atoms with Gasteiger partial charge in [-0.25, -0.2) is 0 Å². The minimum atomic E-state index is 0.254. The molecule has 100 valence electrons. The van der Waals surface area contributed by atoms with Crippen LogP contribution in [-0.4, -0.2) is 19.0 Å². The Labute approximate surface area is 106 Å². The molecule has 0 spiro atoms. The highest BCUT2D eigenvalue weighted by molar-refractivity contribution is 5.78. The van der Waals surface area contributed by atoms with Crippen LogP contribution in [0.2, 0.25) is 0 Å². The van der Waals surface area contributed by atoms with Gasteiger partial charge in [0, 0.05) is 12.5 Å². The van der Waals surface area contributed by atoms with Crippen molar-refractivity contribution in [1.82, 2.24) is 5.32 Å². The average molecular weight is 240 g/mol. The van der Waals surface area contributed by atoms with Gasteiger partial charge in [-0.05, 0) is 44.6 Å². The summed E-state index contributed by atoms with van der Waals surface area (Å²) in [5.74, 6) is 1.18. The van der Waals surface area contributed by atoms with Crippen LogP contribution in [-0.2, 0) is 4.79 Å². The van der Waals surface area contributed by atoms with Crippen LogP contribution in [0.15, 0.2) is 0 Å². The lowest BCUT2D eigenvalue weighted by atomic mass is 9.81. The zero-order valence-corrected chi connectivity index (χ0v) is 11.2. The van der Waals surface area contributed by atoms with Gasteiger partial charge >= 0.3 is 0 Å². The number of carbonyl (C=O) groups is 1. The number of rotatable bonds is 7. The lowest BCUT2D eigenvalue weighted by molar-refractivity contribution is -0.126. The van der Waals surface area contributed by atoms with E-state index >= 15 is 0 Å². The third-order valence-electron chi connectivity index (χ3n) is 3.88. The Balaban J connectivity index is 2.08. The first-order valence-corrected chi connectivity index (χ1v) is 7.25. The average Bonchev–Trinajstić information content (AvgIpc) is 2.38. The molecule has 0 aromatic rings. The number of hydrogen-bond acceptors (Lipinski definition) is 2. The van der Waals surface area contributed by atoms with Crippen molar-refractivity contribution in [3.8, 4) is 0 Å². The molecule has 0 radical (unpaired) electrons. The molecule has 0 heterocycles. The SMILES string of the molecule is CCCCCCNC(=O)[C@H]1CC[C@H](CN)CC1. The van der Waals surface area contributed by atoms with E-state index in [0.717, 1.165) is 45.2 Å². The van der Waals surface area contributed by atoms with Crippen LogP contribution in [0.25, 0.3) is 0 Å². The summed E-state index contributed by atoms with van der Waals surface area (Å²) in [6, 6.07) is 0. The molecule has 1 saturated carbocycles.